The standard InChI is InChI=1S/C15H22N2O2/c1-11(13-3-2-4-13)17-9-12-5-7-14(8-6-12)19-10-15(16)18/h5-8,11,13,17H,2-4,9-10H2,1H3,(H2,16,18). The second-order valence-electron chi connectivity index (χ2n) is 5.26. The number of carbonyl (C=O) groups is 1. The van der Waals surface area contributed by atoms with Gasteiger partial charge in [0.2, 0.25) is 0 Å². The van der Waals surface area contributed by atoms with Gasteiger partial charge in [-0.05, 0) is 43.4 Å². The predicted molar refractivity (Wildman–Crippen MR) is 74.8 cm³/mol. The highest BCUT2D eigenvalue weighted by atomic mass is 16.5. The Kier molecular flexibility index (Phi) is 4.80. The number of nitrogens with one attached hydrogen (secondary N) is 1. The largest absolute Gasteiger partial charge is 0.484 e. The monoisotopic (exact) mass is 262 g/mol. The van der Waals surface area contributed by atoms with Crippen molar-refractivity contribution in [2.24, 2.45) is 11.7 Å². The van der Waals surface area contributed by atoms with Crippen molar-refractivity contribution in [3.8, 4) is 5.75 Å². The summed E-state index contributed by atoms with van der Waals surface area (Å²) in [6, 6.07) is 8.34. The fraction of sp³-hybridized carbons (Fsp3) is 0.533. The van der Waals surface area contributed by atoms with Gasteiger partial charge in [0.25, 0.3) is 5.91 Å². The lowest BCUT2D eigenvalue weighted by molar-refractivity contribution is -0.119. The van der Waals surface area contributed by atoms with Gasteiger partial charge in [-0.3, -0.25) is 4.79 Å². The third-order valence-corrected chi connectivity index (χ3v) is 3.79. The van der Waals surface area contributed by atoms with E-state index in [1.54, 1.807) is 0 Å². The van der Waals surface area contributed by atoms with Gasteiger partial charge in [-0.15, -0.1) is 0 Å². The van der Waals surface area contributed by atoms with Crippen LogP contribution in [-0.4, -0.2) is 18.6 Å². The topological polar surface area (TPSA) is 64.3 Å². The van der Waals surface area contributed by atoms with E-state index >= 15 is 0 Å². The molecule has 19 heavy (non-hydrogen) atoms. The molecule has 3 N–H and O–H groups in total. The lowest BCUT2D eigenvalue weighted by atomic mass is 9.80. The lowest BCUT2D eigenvalue weighted by Crippen LogP contribution is -2.36. The number of amides is 1. The van der Waals surface area contributed by atoms with Crippen molar-refractivity contribution in [3.05, 3.63) is 29.8 Å². The van der Waals surface area contributed by atoms with Crippen LogP contribution in [0.5, 0.6) is 5.75 Å². The number of nitrogens with two attached hydrogens (primary N) is 1. The second-order valence-corrected chi connectivity index (χ2v) is 5.26. The molecule has 1 saturated carbocycles. The Hall–Kier alpha value is -1.55. The fourth-order valence-corrected chi connectivity index (χ4v) is 2.24. The molecule has 0 heterocycles. The normalized spacial score (nSPS) is 16.7. The lowest BCUT2D eigenvalue weighted by Gasteiger charge is -2.32. The van der Waals surface area contributed by atoms with Crippen LogP contribution < -0.4 is 15.8 Å². The number of hydrogen-bond acceptors (Lipinski definition) is 3. The van der Waals surface area contributed by atoms with E-state index in [-0.39, 0.29) is 6.61 Å². The van der Waals surface area contributed by atoms with Crippen LogP contribution in [0.2, 0.25) is 0 Å². The van der Waals surface area contributed by atoms with Gasteiger partial charge < -0.3 is 15.8 Å². The highest BCUT2D eigenvalue weighted by Gasteiger charge is 2.23. The molecule has 1 unspecified atom stereocenters. The van der Waals surface area contributed by atoms with E-state index in [0.717, 1.165) is 12.5 Å². The first-order chi connectivity index (χ1) is 9.15. The van der Waals surface area contributed by atoms with Crippen molar-refractivity contribution in [3.63, 3.8) is 0 Å². The minimum atomic E-state index is -0.458. The molecular formula is C15H22N2O2. The van der Waals surface area contributed by atoms with Gasteiger partial charge in [0.15, 0.2) is 6.61 Å². The number of hydrogen-bond donors (Lipinski definition) is 2. The summed E-state index contributed by atoms with van der Waals surface area (Å²) in [6.07, 6.45) is 4.09. The van der Waals surface area contributed by atoms with E-state index in [4.69, 9.17) is 10.5 Å². The molecule has 4 nitrogen and oxygen atoms in total. The Bertz CT molecular complexity index is 413. The Morgan fingerprint density at radius 3 is 2.63 bits per heavy atom. The van der Waals surface area contributed by atoms with Crippen LogP contribution >= 0.6 is 0 Å². The summed E-state index contributed by atoms with van der Waals surface area (Å²) in [5.74, 6) is 1.06. The van der Waals surface area contributed by atoms with Crippen molar-refractivity contribution in [1.29, 1.82) is 0 Å². The summed E-state index contributed by atoms with van der Waals surface area (Å²) < 4.78 is 5.22. The number of ether oxygens (including phenoxy) is 1. The van der Waals surface area contributed by atoms with Gasteiger partial charge in [0.05, 0.1) is 0 Å². The highest BCUT2D eigenvalue weighted by Crippen LogP contribution is 2.29. The summed E-state index contributed by atoms with van der Waals surface area (Å²) in [6.45, 7) is 3.05. The molecule has 1 aromatic carbocycles. The molecule has 0 aliphatic heterocycles. The maximum absolute atomic E-state index is 10.6. The molecule has 0 radical (unpaired) electrons. The SMILES string of the molecule is CC(NCc1ccc(OCC(N)=O)cc1)C1CCC1. The van der Waals surface area contributed by atoms with Gasteiger partial charge in [-0.25, -0.2) is 0 Å². The smallest absolute Gasteiger partial charge is 0.255 e. The number of primary amides is 1. The molecule has 0 bridgehead atoms. The Morgan fingerprint density at radius 1 is 1.42 bits per heavy atom. The van der Waals surface area contributed by atoms with E-state index in [0.29, 0.717) is 11.8 Å². The first-order valence-corrected chi connectivity index (χ1v) is 6.88. The zero-order valence-corrected chi connectivity index (χ0v) is 11.4. The van der Waals surface area contributed by atoms with Crippen LogP contribution in [-0.2, 0) is 11.3 Å². The molecule has 0 saturated heterocycles. The number of carbonyl (C=O) groups excluding carboxylic acids is 1. The zero-order valence-electron chi connectivity index (χ0n) is 11.4. The highest BCUT2D eigenvalue weighted by molar-refractivity contribution is 5.75. The maximum atomic E-state index is 10.6. The van der Waals surface area contributed by atoms with E-state index < -0.39 is 5.91 Å². The third kappa shape index (κ3) is 4.24. The molecule has 1 aromatic rings. The van der Waals surface area contributed by atoms with Crippen LogP contribution in [0.1, 0.15) is 31.7 Å². The van der Waals surface area contributed by atoms with Gasteiger partial charge >= 0.3 is 0 Å². The summed E-state index contributed by atoms with van der Waals surface area (Å²) in [4.78, 5) is 10.6. The summed E-state index contributed by atoms with van der Waals surface area (Å²) in [7, 11) is 0. The second kappa shape index (κ2) is 6.57. The van der Waals surface area contributed by atoms with Crippen LogP contribution in [0.25, 0.3) is 0 Å². The minimum Gasteiger partial charge on any atom is -0.484 e. The quantitative estimate of drug-likeness (QED) is 0.788. The summed E-state index contributed by atoms with van der Waals surface area (Å²) in [5.41, 5.74) is 6.24. The van der Waals surface area contributed by atoms with Crippen molar-refractivity contribution in [1.82, 2.24) is 5.32 Å². The van der Waals surface area contributed by atoms with Crippen LogP contribution in [0.15, 0.2) is 24.3 Å². The Labute approximate surface area is 114 Å². The predicted octanol–water partition coefficient (Wildman–Crippen LogP) is 1.83. The number of benzene rings is 1. The van der Waals surface area contributed by atoms with Crippen molar-refractivity contribution < 1.29 is 9.53 Å². The molecule has 0 aromatic heterocycles. The van der Waals surface area contributed by atoms with E-state index in [1.165, 1.54) is 24.8 Å². The third-order valence-electron chi connectivity index (χ3n) is 3.79. The van der Waals surface area contributed by atoms with Crippen LogP contribution in [0.3, 0.4) is 0 Å². The zero-order chi connectivity index (χ0) is 13.7. The van der Waals surface area contributed by atoms with Gasteiger partial charge in [-0.2, -0.15) is 0 Å². The molecular weight excluding hydrogens is 240 g/mol. The summed E-state index contributed by atoms with van der Waals surface area (Å²) in [5, 5.41) is 3.56. The van der Waals surface area contributed by atoms with E-state index in [1.807, 2.05) is 24.3 Å². The molecule has 104 valence electrons. The van der Waals surface area contributed by atoms with Crippen molar-refractivity contribution in [2.45, 2.75) is 38.8 Å². The summed E-state index contributed by atoms with van der Waals surface area (Å²) >= 11 is 0. The first kappa shape index (κ1) is 13.9. The van der Waals surface area contributed by atoms with Gasteiger partial charge in [-0.1, -0.05) is 18.6 Å². The van der Waals surface area contributed by atoms with Gasteiger partial charge in [0, 0.05) is 12.6 Å². The molecule has 1 fully saturated rings. The van der Waals surface area contributed by atoms with E-state index in [9.17, 15) is 4.79 Å². The van der Waals surface area contributed by atoms with Crippen LogP contribution in [0.4, 0.5) is 0 Å². The maximum Gasteiger partial charge on any atom is 0.255 e. The first-order valence-electron chi connectivity index (χ1n) is 6.88. The van der Waals surface area contributed by atoms with Gasteiger partial charge in [0.1, 0.15) is 5.75 Å². The minimum absolute atomic E-state index is 0.0731. The molecule has 4 heteroatoms. The molecule has 1 aliphatic rings. The van der Waals surface area contributed by atoms with Crippen molar-refractivity contribution in [2.75, 3.05) is 6.61 Å². The molecule has 2 rings (SSSR count). The molecule has 1 amide bonds. The molecule has 0 spiro atoms. The molecule has 1 atom stereocenters. The average molecular weight is 262 g/mol. The number of rotatable bonds is 7. The fourth-order valence-electron chi connectivity index (χ4n) is 2.24. The molecule has 1 aliphatic carbocycles. The Morgan fingerprint density at radius 2 is 2.11 bits per heavy atom. The van der Waals surface area contributed by atoms with Crippen LogP contribution in [0, 0.1) is 5.92 Å². The average Bonchev–Trinajstić information content (AvgIpc) is 2.33. The van der Waals surface area contributed by atoms with E-state index in [2.05, 4.69) is 12.2 Å². The Balaban J connectivity index is 1.76. The van der Waals surface area contributed by atoms with Crippen molar-refractivity contribution >= 4 is 5.91 Å².